The minimum atomic E-state index is -3.95. The fourth-order valence-electron chi connectivity index (χ4n) is 1.99. The van der Waals surface area contributed by atoms with E-state index in [0.29, 0.717) is 13.2 Å². The third-order valence-corrected chi connectivity index (χ3v) is 5.38. The third kappa shape index (κ3) is 3.55. The first-order valence-electron chi connectivity index (χ1n) is 5.93. The molecule has 1 aliphatic rings. The van der Waals surface area contributed by atoms with Gasteiger partial charge in [-0.1, -0.05) is 0 Å². The highest BCUT2D eigenvalue weighted by atomic mass is 79.9. The average Bonchev–Trinajstić information content (AvgIpc) is 2.92. The maximum atomic E-state index is 11.9. The molecule has 2 unspecified atom stereocenters. The minimum absolute atomic E-state index is 0.0878. The van der Waals surface area contributed by atoms with Crippen LogP contribution in [0, 0.1) is 5.92 Å². The fraction of sp³-hybridized carbons (Fsp3) is 0.545. The topological polar surface area (TPSA) is 85.6 Å². The van der Waals surface area contributed by atoms with Gasteiger partial charge in [0, 0.05) is 35.8 Å². The summed E-state index contributed by atoms with van der Waals surface area (Å²) in [4.78, 5) is 11.6. The first-order valence-corrected chi connectivity index (χ1v) is 9.03. The van der Waals surface area contributed by atoms with E-state index in [4.69, 9.17) is 19.8 Å². The largest absolute Gasteiger partial charge is 0.443 e. The van der Waals surface area contributed by atoms with Crippen molar-refractivity contribution in [1.82, 2.24) is 5.32 Å². The smallest absolute Gasteiger partial charge is 0.287 e. The van der Waals surface area contributed by atoms with Gasteiger partial charge in [0.15, 0.2) is 10.4 Å². The number of carbonyl (C=O) groups excluding carboxylic acids is 1. The van der Waals surface area contributed by atoms with Gasteiger partial charge in [-0.05, 0) is 29.3 Å². The molecule has 2 atom stereocenters. The molecule has 1 fully saturated rings. The first kappa shape index (κ1) is 15.8. The van der Waals surface area contributed by atoms with E-state index in [1.807, 2.05) is 6.92 Å². The number of halogens is 2. The van der Waals surface area contributed by atoms with Gasteiger partial charge in [-0.15, -0.1) is 0 Å². The molecule has 1 aromatic heterocycles. The summed E-state index contributed by atoms with van der Waals surface area (Å²) in [5.74, 6) is -0.354. The molecule has 1 N–H and O–H groups in total. The van der Waals surface area contributed by atoms with Crippen molar-refractivity contribution >= 4 is 41.6 Å². The van der Waals surface area contributed by atoms with E-state index in [0.717, 1.165) is 12.5 Å². The van der Waals surface area contributed by atoms with E-state index in [9.17, 15) is 13.2 Å². The molecule has 0 spiro atoms. The van der Waals surface area contributed by atoms with Gasteiger partial charge < -0.3 is 14.5 Å². The van der Waals surface area contributed by atoms with Gasteiger partial charge >= 0.3 is 0 Å². The van der Waals surface area contributed by atoms with Crippen LogP contribution in [0.2, 0.25) is 0 Å². The van der Waals surface area contributed by atoms with Crippen LogP contribution in [0.15, 0.2) is 20.0 Å². The summed E-state index contributed by atoms with van der Waals surface area (Å²) in [6.45, 7) is 3.08. The molecule has 0 radical (unpaired) electrons. The molecule has 2 rings (SSSR count). The van der Waals surface area contributed by atoms with Crippen LogP contribution in [0.4, 0.5) is 0 Å². The lowest BCUT2D eigenvalue weighted by molar-refractivity contribution is 0.0883. The van der Waals surface area contributed by atoms with E-state index in [1.54, 1.807) is 0 Å². The quantitative estimate of drug-likeness (QED) is 0.801. The highest BCUT2D eigenvalue weighted by Crippen LogP contribution is 2.28. The second-order valence-electron chi connectivity index (χ2n) is 4.52. The van der Waals surface area contributed by atoms with Crippen molar-refractivity contribution < 1.29 is 22.4 Å². The van der Waals surface area contributed by atoms with Gasteiger partial charge in [-0.2, -0.15) is 0 Å². The lowest BCUT2D eigenvalue weighted by Crippen LogP contribution is -2.31. The minimum Gasteiger partial charge on any atom is -0.443 e. The van der Waals surface area contributed by atoms with Crippen LogP contribution >= 0.6 is 26.6 Å². The molecule has 0 saturated carbocycles. The van der Waals surface area contributed by atoms with Crippen LogP contribution in [-0.4, -0.2) is 33.6 Å². The Bertz CT molecular complexity index is 614. The number of ether oxygens (including phenoxy) is 1. The van der Waals surface area contributed by atoms with E-state index < -0.39 is 15.0 Å². The van der Waals surface area contributed by atoms with Crippen molar-refractivity contribution in [3.05, 3.63) is 16.5 Å². The normalized spacial score (nSPS) is 22.9. The molecule has 112 valence electrons. The number of hydrogen-bond acceptors (Lipinski definition) is 5. The Morgan fingerprint density at radius 2 is 2.30 bits per heavy atom. The lowest BCUT2D eigenvalue weighted by Gasteiger charge is -2.13. The van der Waals surface area contributed by atoms with E-state index >= 15 is 0 Å². The van der Waals surface area contributed by atoms with Crippen molar-refractivity contribution in [2.45, 2.75) is 24.3 Å². The fourth-order valence-corrected chi connectivity index (χ4v) is 4.02. The highest BCUT2D eigenvalue weighted by molar-refractivity contribution is 9.10. The summed E-state index contributed by atoms with van der Waals surface area (Å²) in [6, 6.07) is 1.09. The Labute approximate surface area is 129 Å². The second kappa shape index (κ2) is 6.05. The first-order chi connectivity index (χ1) is 9.29. The van der Waals surface area contributed by atoms with Crippen molar-refractivity contribution in [3.8, 4) is 0 Å². The summed E-state index contributed by atoms with van der Waals surface area (Å²) in [5, 5.41) is 2.69. The number of amides is 1. The van der Waals surface area contributed by atoms with E-state index in [2.05, 4.69) is 21.2 Å². The van der Waals surface area contributed by atoms with E-state index in [1.165, 1.54) is 0 Å². The van der Waals surface area contributed by atoms with Gasteiger partial charge in [0.2, 0.25) is 0 Å². The molecule has 2 heterocycles. The Morgan fingerprint density at radius 1 is 1.60 bits per heavy atom. The second-order valence-corrected chi connectivity index (χ2v) is 7.78. The summed E-state index contributed by atoms with van der Waals surface area (Å²) in [7, 11) is 1.26. The van der Waals surface area contributed by atoms with Crippen LogP contribution < -0.4 is 5.32 Å². The standard InChI is InChI=1S/C11H13BrClNO5S/c1-6-7(2-3-18-6)5-14-11(15)8-4-9(10(12)19-8)20(13,16)17/h4,6-7H,2-3,5H2,1H3,(H,14,15). The van der Waals surface area contributed by atoms with Crippen molar-refractivity contribution in [2.24, 2.45) is 5.92 Å². The molecule has 0 bridgehead atoms. The predicted octanol–water partition coefficient (Wildman–Crippen LogP) is 2.12. The molecular formula is C11H13BrClNO5S. The van der Waals surface area contributed by atoms with Crippen molar-refractivity contribution in [2.75, 3.05) is 13.2 Å². The third-order valence-electron chi connectivity index (χ3n) is 3.20. The molecule has 1 saturated heterocycles. The average molecular weight is 387 g/mol. The molecule has 1 aliphatic heterocycles. The summed E-state index contributed by atoms with van der Waals surface area (Å²) in [5.41, 5.74) is 0. The van der Waals surface area contributed by atoms with Gasteiger partial charge in [-0.25, -0.2) is 8.42 Å². The van der Waals surface area contributed by atoms with Crippen LogP contribution in [-0.2, 0) is 13.8 Å². The van der Waals surface area contributed by atoms with Crippen LogP contribution in [0.25, 0.3) is 0 Å². The van der Waals surface area contributed by atoms with Crippen LogP contribution in [0.1, 0.15) is 23.9 Å². The lowest BCUT2D eigenvalue weighted by atomic mass is 10.0. The number of carbonyl (C=O) groups is 1. The Morgan fingerprint density at radius 3 is 2.80 bits per heavy atom. The number of nitrogens with one attached hydrogen (secondary N) is 1. The van der Waals surface area contributed by atoms with Gasteiger partial charge in [0.05, 0.1) is 6.10 Å². The maximum absolute atomic E-state index is 11.9. The van der Waals surface area contributed by atoms with Crippen molar-refractivity contribution in [3.63, 3.8) is 0 Å². The summed E-state index contributed by atoms with van der Waals surface area (Å²) >= 11 is 2.92. The molecule has 6 nitrogen and oxygen atoms in total. The molecular weight excluding hydrogens is 374 g/mol. The number of rotatable bonds is 4. The van der Waals surface area contributed by atoms with Gasteiger partial charge in [-0.3, -0.25) is 4.79 Å². The predicted molar refractivity (Wildman–Crippen MR) is 75.3 cm³/mol. The van der Waals surface area contributed by atoms with Gasteiger partial charge in [0.1, 0.15) is 4.90 Å². The molecule has 9 heteroatoms. The zero-order chi connectivity index (χ0) is 14.9. The molecule has 0 aliphatic carbocycles. The molecule has 20 heavy (non-hydrogen) atoms. The summed E-state index contributed by atoms with van der Waals surface area (Å²) in [6.07, 6.45) is 0.974. The number of furan rings is 1. The number of hydrogen-bond donors (Lipinski definition) is 1. The zero-order valence-electron chi connectivity index (χ0n) is 10.6. The highest BCUT2D eigenvalue weighted by Gasteiger charge is 2.26. The van der Waals surface area contributed by atoms with Crippen LogP contribution in [0.5, 0.6) is 0 Å². The van der Waals surface area contributed by atoms with Crippen LogP contribution in [0.3, 0.4) is 0 Å². The molecule has 1 amide bonds. The monoisotopic (exact) mass is 385 g/mol. The molecule has 0 aromatic carbocycles. The Balaban J connectivity index is 2.03. The SMILES string of the molecule is CC1OCCC1CNC(=O)c1cc(S(=O)(=O)Cl)c(Br)o1. The zero-order valence-corrected chi connectivity index (χ0v) is 13.7. The summed E-state index contributed by atoms with van der Waals surface area (Å²) < 4.78 is 32.8. The maximum Gasteiger partial charge on any atom is 0.287 e. The van der Waals surface area contributed by atoms with Gasteiger partial charge in [0.25, 0.3) is 15.0 Å². The Hall–Kier alpha value is -0.570. The van der Waals surface area contributed by atoms with E-state index in [-0.39, 0.29) is 27.3 Å². The van der Waals surface area contributed by atoms with Crippen molar-refractivity contribution in [1.29, 1.82) is 0 Å². The molecule has 1 aromatic rings. The Kier molecular flexibility index (Phi) is 4.78.